The first-order chi connectivity index (χ1) is 10.7. The fraction of sp³-hybridized carbons (Fsp3) is 0.688. The summed E-state index contributed by atoms with van der Waals surface area (Å²) < 4.78 is 5.50. The van der Waals surface area contributed by atoms with Crippen molar-refractivity contribution >= 4 is 11.9 Å². The third-order valence-electron chi connectivity index (χ3n) is 4.11. The first kappa shape index (κ1) is 15.1. The number of amides is 1. The Bertz CT molecular complexity index is 545. The summed E-state index contributed by atoms with van der Waals surface area (Å²) in [5.74, 6) is 1.50. The van der Waals surface area contributed by atoms with Gasteiger partial charge in [0.2, 0.25) is 17.7 Å². The van der Waals surface area contributed by atoms with Crippen molar-refractivity contribution in [2.45, 2.75) is 45.6 Å². The molecule has 1 aromatic rings. The fourth-order valence-corrected chi connectivity index (χ4v) is 2.81. The molecule has 1 aliphatic heterocycles. The van der Waals surface area contributed by atoms with Crippen LogP contribution in [0.5, 0.6) is 5.88 Å². The van der Waals surface area contributed by atoms with Crippen LogP contribution in [0.2, 0.25) is 0 Å². The Hall–Kier alpha value is -1.85. The average Bonchev–Trinajstić information content (AvgIpc) is 3.31. The summed E-state index contributed by atoms with van der Waals surface area (Å²) in [6.07, 6.45) is 4.19. The highest BCUT2D eigenvalue weighted by atomic mass is 16.5. The maximum Gasteiger partial charge on any atom is 0.228 e. The van der Waals surface area contributed by atoms with Crippen LogP contribution in [0.3, 0.4) is 0 Å². The Balaban J connectivity index is 1.69. The molecule has 6 heteroatoms. The van der Waals surface area contributed by atoms with Crippen LogP contribution in [-0.4, -0.2) is 41.6 Å². The lowest BCUT2D eigenvalue weighted by atomic mass is 9.97. The molecule has 0 bridgehead atoms. The molecule has 1 atom stereocenters. The van der Waals surface area contributed by atoms with Crippen LogP contribution < -0.4 is 15.0 Å². The zero-order valence-corrected chi connectivity index (χ0v) is 13.3. The lowest BCUT2D eigenvalue weighted by Gasteiger charge is -2.32. The SMILES string of the molecule is CCOc1cc(C)nc(N2CCCC(C(=O)NC3CC3)C2)n1. The Morgan fingerprint density at radius 1 is 1.41 bits per heavy atom. The van der Waals surface area contributed by atoms with Crippen molar-refractivity contribution in [2.75, 3.05) is 24.6 Å². The summed E-state index contributed by atoms with van der Waals surface area (Å²) in [6, 6.07) is 2.26. The topological polar surface area (TPSA) is 67.3 Å². The Morgan fingerprint density at radius 2 is 2.23 bits per heavy atom. The second-order valence-corrected chi connectivity index (χ2v) is 6.15. The third kappa shape index (κ3) is 3.67. The minimum absolute atomic E-state index is 0.0361. The molecular weight excluding hydrogens is 280 g/mol. The zero-order chi connectivity index (χ0) is 15.5. The molecule has 0 spiro atoms. The normalized spacial score (nSPS) is 21.5. The van der Waals surface area contributed by atoms with Crippen molar-refractivity contribution in [3.05, 3.63) is 11.8 Å². The molecule has 2 aliphatic rings. The smallest absolute Gasteiger partial charge is 0.228 e. The summed E-state index contributed by atoms with van der Waals surface area (Å²) in [7, 11) is 0. The molecule has 1 N–H and O–H groups in total. The summed E-state index contributed by atoms with van der Waals surface area (Å²) in [5, 5.41) is 3.11. The Labute approximate surface area is 131 Å². The number of ether oxygens (including phenoxy) is 1. The van der Waals surface area contributed by atoms with E-state index in [-0.39, 0.29) is 11.8 Å². The van der Waals surface area contributed by atoms with E-state index in [1.165, 1.54) is 0 Å². The van der Waals surface area contributed by atoms with Crippen LogP contribution in [0.1, 0.15) is 38.3 Å². The van der Waals surface area contributed by atoms with Crippen LogP contribution >= 0.6 is 0 Å². The minimum atomic E-state index is 0.0361. The van der Waals surface area contributed by atoms with Gasteiger partial charge in [-0.3, -0.25) is 4.79 Å². The number of nitrogens with one attached hydrogen (secondary N) is 1. The van der Waals surface area contributed by atoms with Crippen LogP contribution in [0.15, 0.2) is 6.07 Å². The number of aromatic nitrogens is 2. The minimum Gasteiger partial charge on any atom is -0.478 e. The molecule has 0 aromatic carbocycles. The average molecular weight is 304 g/mol. The fourth-order valence-electron chi connectivity index (χ4n) is 2.81. The van der Waals surface area contributed by atoms with Crippen LogP contribution in [-0.2, 0) is 4.79 Å². The van der Waals surface area contributed by atoms with E-state index in [1.807, 2.05) is 19.9 Å². The molecule has 3 rings (SSSR count). The number of nitrogens with zero attached hydrogens (tertiary/aromatic N) is 3. The molecule has 22 heavy (non-hydrogen) atoms. The number of rotatable bonds is 5. The van der Waals surface area contributed by atoms with Gasteiger partial charge in [-0.05, 0) is 39.5 Å². The zero-order valence-electron chi connectivity index (χ0n) is 13.3. The predicted molar refractivity (Wildman–Crippen MR) is 84.0 cm³/mol. The number of anilines is 1. The van der Waals surface area contributed by atoms with Gasteiger partial charge in [0.15, 0.2) is 0 Å². The maximum absolute atomic E-state index is 12.3. The highest BCUT2D eigenvalue weighted by molar-refractivity contribution is 5.80. The van der Waals surface area contributed by atoms with Gasteiger partial charge in [0.25, 0.3) is 0 Å². The van der Waals surface area contributed by atoms with Gasteiger partial charge in [-0.2, -0.15) is 4.98 Å². The highest BCUT2D eigenvalue weighted by Gasteiger charge is 2.31. The van der Waals surface area contributed by atoms with Gasteiger partial charge in [-0.15, -0.1) is 0 Å². The van der Waals surface area contributed by atoms with E-state index in [1.54, 1.807) is 0 Å². The largest absolute Gasteiger partial charge is 0.478 e. The predicted octanol–water partition coefficient (Wildman–Crippen LogP) is 1.68. The van der Waals surface area contributed by atoms with E-state index < -0.39 is 0 Å². The molecule has 1 saturated heterocycles. The van der Waals surface area contributed by atoms with Crippen LogP contribution in [0, 0.1) is 12.8 Å². The van der Waals surface area contributed by atoms with Gasteiger partial charge < -0.3 is 15.0 Å². The first-order valence-electron chi connectivity index (χ1n) is 8.19. The van der Waals surface area contributed by atoms with E-state index in [2.05, 4.69) is 20.2 Å². The number of hydrogen-bond acceptors (Lipinski definition) is 5. The number of aryl methyl sites for hydroxylation is 1. The van der Waals surface area contributed by atoms with Gasteiger partial charge in [0.1, 0.15) is 0 Å². The molecule has 1 aliphatic carbocycles. The number of carbonyl (C=O) groups excluding carboxylic acids is 1. The van der Waals surface area contributed by atoms with Crippen LogP contribution in [0.4, 0.5) is 5.95 Å². The molecule has 1 saturated carbocycles. The lowest BCUT2D eigenvalue weighted by molar-refractivity contribution is -0.125. The first-order valence-corrected chi connectivity index (χ1v) is 8.19. The molecule has 2 heterocycles. The molecule has 120 valence electrons. The monoisotopic (exact) mass is 304 g/mol. The molecule has 1 unspecified atom stereocenters. The summed E-state index contributed by atoms with van der Waals surface area (Å²) in [5.41, 5.74) is 0.887. The van der Waals surface area contributed by atoms with Crippen LogP contribution in [0.25, 0.3) is 0 Å². The number of carbonyl (C=O) groups is 1. The van der Waals surface area contributed by atoms with Gasteiger partial charge in [-0.25, -0.2) is 4.98 Å². The van der Waals surface area contributed by atoms with Crippen molar-refractivity contribution in [3.63, 3.8) is 0 Å². The maximum atomic E-state index is 12.3. The van der Waals surface area contributed by atoms with Gasteiger partial charge in [0, 0.05) is 30.9 Å². The lowest BCUT2D eigenvalue weighted by Crippen LogP contribution is -2.44. The molecule has 1 amide bonds. The Kier molecular flexibility index (Phi) is 4.45. The van der Waals surface area contributed by atoms with Crippen molar-refractivity contribution in [1.29, 1.82) is 0 Å². The van der Waals surface area contributed by atoms with Gasteiger partial charge in [-0.1, -0.05) is 0 Å². The van der Waals surface area contributed by atoms with Gasteiger partial charge >= 0.3 is 0 Å². The molecule has 2 fully saturated rings. The van der Waals surface area contributed by atoms with E-state index in [0.29, 0.717) is 31.0 Å². The van der Waals surface area contributed by atoms with E-state index in [0.717, 1.165) is 37.9 Å². The van der Waals surface area contributed by atoms with E-state index in [4.69, 9.17) is 4.74 Å². The van der Waals surface area contributed by atoms with Crippen molar-refractivity contribution in [2.24, 2.45) is 5.92 Å². The summed E-state index contributed by atoms with van der Waals surface area (Å²) in [6.45, 7) is 6.04. The second kappa shape index (κ2) is 6.50. The van der Waals surface area contributed by atoms with E-state index >= 15 is 0 Å². The highest BCUT2D eigenvalue weighted by Crippen LogP contribution is 2.25. The van der Waals surface area contributed by atoms with Gasteiger partial charge in [0.05, 0.1) is 12.5 Å². The summed E-state index contributed by atoms with van der Waals surface area (Å²) >= 11 is 0. The number of piperidine rings is 1. The molecule has 0 radical (unpaired) electrons. The molecule has 1 aromatic heterocycles. The van der Waals surface area contributed by atoms with E-state index in [9.17, 15) is 4.79 Å². The molecular formula is C16H24N4O2. The van der Waals surface area contributed by atoms with Crippen molar-refractivity contribution < 1.29 is 9.53 Å². The quantitative estimate of drug-likeness (QED) is 0.896. The Morgan fingerprint density at radius 3 is 2.95 bits per heavy atom. The summed E-state index contributed by atoms with van der Waals surface area (Å²) in [4.78, 5) is 23.4. The second-order valence-electron chi connectivity index (χ2n) is 6.15. The van der Waals surface area contributed by atoms with Crippen molar-refractivity contribution in [1.82, 2.24) is 15.3 Å². The standard InChI is InChI=1S/C16H24N4O2/c1-3-22-14-9-11(2)17-16(19-14)20-8-4-5-12(10-20)15(21)18-13-6-7-13/h9,12-13H,3-8,10H2,1-2H3,(H,18,21). The van der Waals surface area contributed by atoms with Crippen molar-refractivity contribution in [3.8, 4) is 5.88 Å². The third-order valence-corrected chi connectivity index (χ3v) is 4.11. The molecule has 6 nitrogen and oxygen atoms in total. The number of hydrogen-bond donors (Lipinski definition) is 1.